The molecular weight excluding hydrogens is 406 g/mol. The maximum atomic E-state index is 12.5. The van der Waals surface area contributed by atoms with E-state index in [1.807, 2.05) is 18.2 Å². The number of anilines is 1. The van der Waals surface area contributed by atoms with Crippen molar-refractivity contribution in [3.8, 4) is 11.5 Å². The largest absolute Gasteiger partial charge is 0.436 e. The van der Waals surface area contributed by atoms with E-state index in [2.05, 4.69) is 36.3 Å². The summed E-state index contributed by atoms with van der Waals surface area (Å²) in [6.45, 7) is 5.95. The van der Waals surface area contributed by atoms with Gasteiger partial charge in [0.15, 0.2) is 5.58 Å². The van der Waals surface area contributed by atoms with Gasteiger partial charge in [0.25, 0.3) is 11.6 Å². The second-order valence-electron chi connectivity index (χ2n) is 7.85. The van der Waals surface area contributed by atoms with Gasteiger partial charge in [0, 0.05) is 28.4 Å². The molecule has 0 saturated heterocycles. The molecule has 4 rings (SSSR count). The Labute approximate surface area is 185 Å². The van der Waals surface area contributed by atoms with Crippen LogP contribution in [0.4, 0.5) is 11.4 Å². The lowest BCUT2D eigenvalue weighted by Gasteiger charge is -2.07. The van der Waals surface area contributed by atoms with Gasteiger partial charge in [-0.2, -0.15) is 0 Å². The zero-order chi connectivity index (χ0) is 22.8. The molecule has 1 aromatic heterocycles. The third-order valence-corrected chi connectivity index (χ3v) is 5.64. The average molecular weight is 429 g/mol. The van der Waals surface area contributed by atoms with E-state index in [4.69, 9.17) is 4.42 Å². The summed E-state index contributed by atoms with van der Waals surface area (Å²) in [5.41, 5.74) is 4.97. The van der Waals surface area contributed by atoms with Gasteiger partial charge in [-0.1, -0.05) is 19.9 Å². The third-order valence-electron chi connectivity index (χ3n) is 5.64. The highest BCUT2D eigenvalue weighted by atomic mass is 16.6. The van der Waals surface area contributed by atoms with Gasteiger partial charge in [0.05, 0.1) is 4.92 Å². The maximum absolute atomic E-state index is 12.5. The van der Waals surface area contributed by atoms with Crippen LogP contribution in [-0.2, 0) is 0 Å². The lowest BCUT2D eigenvalue weighted by atomic mass is 9.98. The van der Waals surface area contributed by atoms with E-state index < -0.39 is 4.92 Å². The lowest BCUT2D eigenvalue weighted by molar-refractivity contribution is -0.385. The molecule has 0 fully saturated rings. The number of nitrogens with zero attached hydrogens (tertiary/aromatic N) is 2. The number of hydrogen-bond acceptors (Lipinski definition) is 5. The topological polar surface area (TPSA) is 98.3 Å². The molecule has 3 aromatic carbocycles. The Morgan fingerprint density at radius 3 is 2.53 bits per heavy atom. The number of fused-ring (bicyclic) bond motifs is 1. The van der Waals surface area contributed by atoms with E-state index >= 15 is 0 Å². The highest BCUT2D eigenvalue weighted by molar-refractivity contribution is 6.04. The van der Waals surface area contributed by atoms with E-state index in [1.165, 1.54) is 23.8 Å². The van der Waals surface area contributed by atoms with E-state index in [0.717, 1.165) is 23.1 Å². The van der Waals surface area contributed by atoms with Crippen molar-refractivity contribution < 1.29 is 14.1 Å². The number of aromatic nitrogens is 1. The molecule has 0 saturated carbocycles. The number of hydrogen-bond donors (Lipinski definition) is 1. The van der Waals surface area contributed by atoms with E-state index in [9.17, 15) is 14.9 Å². The molecular formula is C25H23N3O4. The molecule has 4 aromatic rings. The molecule has 7 nitrogen and oxygen atoms in total. The Morgan fingerprint density at radius 2 is 1.88 bits per heavy atom. The van der Waals surface area contributed by atoms with Gasteiger partial charge < -0.3 is 9.73 Å². The minimum Gasteiger partial charge on any atom is -0.436 e. The smallest absolute Gasteiger partial charge is 0.272 e. The standard InChI is InChI=1S/C25H23N3O4/c1-4-15(2)18-8-12-23-21(14-18)27-25(32-23)17-5-9-20(10-6-17)26-24(29)19-7-11-22(28(30)31)16(3)13-19/h5-15H,4H2,1-3H3,(H,26,29). The zero-order valence-electron chi connectivity index (χ0n) is 18.1. The monoisotopic (exact) mass is 429 g/mol. The fourth-order valence-corrected chi connectivity index (χ4v) is 3.51. The number of oxazole rings is 1. The molecule has 0 spiro atoms. The minimum atomic E-state index is -0.465. The Hall–Kier alpha value is -4.00. The highest BCUT2D eigenvalue weighted by Crippen LogP contribution is 2.28. The third kappa shape index (κ3) is 4.23. The van der Waals surface area contributed by atoms with Gasteiger partial charge in [-0.25, -0.2) is 4.98 Å². The van der Waals surface area contributed by atoms with Gasteiger partial charge >= 0.3 is 0 Å². The number of benzene rings is 3. The van der Waals surface area contributed by atoms with Crippen LogP contribution in [0.25, 0.3) is 22.6 Å². The first-order chi connectivity index (χ1) is 15.4. The van der Waals surface area contributed by atoms with Gasteiger partial charge in [0.1, 0.15) is 5.52 Å². The van der Waals surface area contributed by atoms with Crippen LogP contribution in [-0.4, -0.2) is 15.8 Å². The zero-order valence-corrected chi connectivity index (χ0v) is 18.1. The molecule has 162 valence electrons. The van der Waals surface area contributed by atoms with Crippen LogP contribution in [0.1, 0.15) is 47.7 Å². The molecule has 1 N–H and O–H groups in total. The fourth-order valence-electron chi connectivity index (χ4n) is 3.51. The lowest BCUT2D eigenvalue weighted by Crippen LogP contribution is -2.12. The van der Waals surface area contributed by atoms with Crippen LogP contribution in [0.5, 0.6) is 0 Å². The molecule has 0 aliphatic carbocycles. The number of carbonyl (C=O) groups is 1. The number of nitro benzene ring substituents is 1. The predicted octanol–water partition coefficient (Wildman–Crippen LogP) is 6.48. The number of nitro groups is 1. The summed E-state index contributed by atoms with van der Waals surface area (Å²) in [5.74, 6) is 0.641. The minimum absolute atomic E-state index is 0.0134. The Bertz CT molecular complexity index is 1310. The quantitative estimate of drug-likeness (QED) is 0.279. The number of nitrogens with one attached hydrogen (secondary N) is 1. The summed E-state index contributed by atoms with van der Waals surface area (Å²) in [7, 11) is 0. The molecule has 1 heterocycles. The van der Waals surface area contributed by atoms with E-state index in [1.54, 1.807) is 19.1 Å². The Kier molecular flexibility index (Phi) is 5.73. The molecule has 0 aliphatic rings. The number of carbonyl (C=O) groups excluding carboxylic acids is 1. The fraction of sp³-hybridized carbons (Fsp3) is 0.200. The first kappa shape index (κ1) is 21.2. The van der Waals surface area contributed by atoms with Crippen molar-refractivity contribution in [1.82, 2.24) is 4.98 Å². The van der Waals surface area contributed by atoms with Crippen LogP contribution in [0.3, 0.4) is 0 Å². The van der Waals surface area contributed by atoms with Crippen molar-refractivity contribution >= 4 is 28.4 Å². The van der Waals surface area contributed by atoms with Gasteiger partial charge in [0.2, 0.25) is 5.89 Å². The van der Waals surface area contributed by atoms with Crippen molar-refractivity contribution in [3.05, 3.63) is 87.5 Å². The van der Waals surface area contributed by atoms with Gasteiger partial charge in [-0.3, -0.25) is 14.9 Å². The van der Waals surface area contributed by atoms with Crippen molar-refractivity contribution in [3.63, 3.8) is 0 Å². The Morgan fingerprint density at radius 1 is 1.12 bits per heavy atom. The predicted molar refractivity (Wildman–Crippen MR) is 124 cm³/mol. The van der Waals surface area contributed by atoms with Crippen LogP contribution in [0.2, 0.25) is 0 Å². The van der Waals surface area contributed by atoms with Crippen LogP contribution < -0.4 is 5.32 Å². The Balaban J connectivity index is 1.51. The molecule has 7 heteroatoms. The summed E-state index contributed by atoms with van der Waals surface area (Å²) in [6, 6.07) is 17.6. The van der Waals surface area contributed by atoms with E-state index in [-0.39, 0.29) is 11.6 Å². The first-order valence-corrected chi connectivity index (χ1v) is 10.4. The number of amides is 1. The molecule has 32 heavy (non-hydrogen) atoms. The number of rotatable bonds is 6. The van der Waals surface area contributed by atoms with Crippen molar-refractivity contribution in [2.75, 3.05) is 5.32 Å². The van der Waals surface area contributed by atoms with Crippen molar-refractivity contribution in [2.24, 2.45) is 0 Å². The van der Waals surface area contributed by atoms with E-state index in [0.29, 0.717) is 28.6 Å². The second-order valence-corrected chi connectivity index (χ2v) is 7.85. The summed E-state index contributed by atoms with van der Waals surface area (Å²) < 4.78 is 5.90. The van der Waals surface area contributed by atoms with Crippen molar-refractivity contribution in [2.45, 2.75) is 33.1 Å². The first-order valence-electron chi connectivity index (χ1n) is 10.4. The molecule has 1 amide bonds. The second kappa shape index (κ2) is 8.63. The van der Waals surface area contributed by atoms with Gasteiger partial charge in [-0.15, -0.1) is 0 Å². The van der Waals surface area contributed by atoms with Crippen LogP contribution >= 0.6 is 0 Å². The average Bonchev–Trinajstić information content (AvgIpc) is 3.22. The van der Waals surface area contributed by atoms with Crippen molar-refractivity contribution in [1.29, 1.82) is 0 Å². The summed E-state index contributed by atoms with van der Waals surface area (Å²) in [5, 5.41) is 13.8. The highest BCUT2D eigenvalue weighted by Gasteiger charge is 2.15. The molecule has 0 aliphatic heterocycles. The molecule has 0 bridgehead atoms. The van der Waals surface area contributed by atoms with Crippen LogP contribution in [0, 0.1) is 17.0 Å². The maximum Gasteiger partial charge on any atom is 0.272 e. The molecule has 0 radical (unpaired) electrons. The normalized spacial score (nSPS) is 12.0. The number of aryl methyl sites for hydroxylation is 1. The summed E-state index contributed by atoms with van der Waals surface area (Å²) in [4.78, 5) is 27.6. The summed E-state index contributed by atoms with van der Waals surface area (Å²) >= 11 is 0. The van der Waals surface area contributed by atoms with Gasteiger partial charge in [-0.05, 0) is 73.4 Å². The molecule has 1 unspecified atom stereocenters. The SMILES string of the molecule is CCC(C)c1ccc2oc(-c3ccc(NC(=O)c4ccc([N+](=O)[O-])c(C)c4)cc3)nc2c1. The van der Waals surface area contributed by atoms with Crippen LogP contribution in [0.15, 0.2) is 65.1 Å². The summed E-state index contributed by atoms with van der Waals surface area (Å²) in [6.07, 6.45) is 1.06. The molecule has 1 atom stereocenters.